The molecule has 2 heterocycles. The van der Waals surface area contributed by atoms with Crippen molar-refractivity contribution < 1.29 is 4.79 Å². The number of carbonyl (C=O) groups is 1. The summed E-state index contributed by atoms with van der Waals surface area (Å²) in [5.74, 6) is 1.15. The molecule has 1 aromatic heterocycles. The second kappa shape index (κ2) is 8.94. The van der Waals surface area contributed by atoms with Crippen LogP contribution in [0.4, 0.5) is 5.69 Å². The first-order chi connectivity index (χ1) is 10.7. The number of benzene rings is 1. The number of rotatable bonds is 3. The van der Waals surface area contributed by atoms with Gasteiger partial charge in [-0.05, 0) is 31.0 Å². The number of nitrogen functional groups attached to an aromatic ring is 1. The lowest BCUT2D eigenvalue weighted by Crippen LogP contribution is -2.40. The Hall–Kier alpha value is -1.72. The molecule has 1 aliphatic heterocycles. The van der Waals surface area contributed by atoms with Crippen molar-refractivity contribution in [1.82, 2.24) is 14.5 Å². The number of nitrogens with zero attached hydrogens (tertiary/aromatic N) is 3. The number of hydrogen-bond acceptors (Lipinski definition) is 3. The van der Waals surface area contributed by atoms with E-state index in [0.717, 1.165) is 38.2 Å². The van der Waals surface area contributed by atoms with Gasteiger partial charge >= 0.3 is 0 Å². The first kappa shape index (κ1) is 20.3. The van der Waals surface area contributed by atoms with E-state index in [1.807, 2.05) is 29.4 Å². The van der Waals surface area contributed by atoms with E-state index in [-0.39, 0.29) is 30.7 Å². The van der Waals surface area contributed by atoms with Crippen molar-refractivity contribution in [3.8, 4) is 0 Å². The third kappa shape index (κ3) is 4.22. The van der Waals surface area contributed by atoms with Crippen molar-refractivity contribution in [1.29, 1.82) is 0 Å². The third-order valence-electron chi connectivity index (χ3n) is 4.28. The number of piperidine rings is 1. The molecule has 1 saturated heterocycles. The van der Waals surface area contributed by atoms with Crippen molar-refractivity contribution in [3.05, 3.63) is 48.0 Å². The molecular formula is C17H24Cl2N4O. The molecule has 1 fully saturated rings. The Morgan fingerprint density at radius 1 is 1.38 bits per heavy atom. The van der Waals surface area contributed by atoms with Crippen molar-refractivity contribution in [2.75, 3.05) is 18.8 Å². The molecule has 0 radical (unpaired) electrons. The van der Waals surface area contributed by atoms with E-state index < -0.39 is 0 Å². The molecule has 24 heavy (non-hydrogen) atoms. The Bertz CT molecular complexity index is 674. The van der Waals surface area contributed by atoms with Crippen LogP contribution in [0.2, 0.25) is 0 Å². The van der Waals surface area contributed by atoms with Crippen molar-refractivity contribution in [2.24, 2.45) is 0 Å². The highest BCUT2D eigenvalue weighted by atomic mass is 35.5. The zero-order valence-electron chi connectivity index (χ0n) is 13.7. The third-order valence-corrected chi connectivity index (χ3v) is 4.28. The number of nitrogens with two attached hydrogens (primary N) is 1. The van der Waals surface area contributed by atoms with Crippen LogP contribution in [0.15, 0.2) is 36.7 Å². The van der Waals surface area contributed by atoms with Crippen LogP contribution in [-0.2, 0) is 6.42 Å². The minimum atomic E-state index is 0. The lowest BCUT2D eigenvalue weighted by Gasteiger charge is -2.34. The number of aryl methyl sites for hydroxylation is 1. The van der Waals surface area contributed by atoms with Crippen molar-refractivity contribution in [3.63, 3.8) is 0 Å². The Morgan fingerprint density at radius 3 is 2.88 bits per heavy atom. The Labute approximate surface area is 155 Å². The van der Waals surface area contributed by atoms with Crippen LogP contribution >= 0.6 is 24.8 Å². The SMILES string of the molecule is CCc1nccn1C1CCCN(C(=O)c2cccc(N)c2)C1.Cl.Cl. The van der Waals surface area contributed by atoms with Gasteiger partial charge in [-0.1, -0.05) is 13.0 Å². The highest BCUT2D eigenvalue weighted by Crippen LogP contribution is 2.24. The van der Waals surface area contributed by atoms with E-state index in [1.165, 1.54) is 0 Å². The summed E-state index contributed by atoms with van der Waals surface area (Å²) in [5.41, 5.74) is 7.08. The van der Waals surface area contributed by atoms with Gasteiger partial charge in [0.2, 0.25) is 0 Å². The maximum atomic E-state index is 12.7. The number of aromatic nitrogens is 2. The molecule has 5 nitrogen and oxygen atoms in total. The summed E-state index contributed by atoms with van der Waals surface area (Å²) in [4.78, 5) is 19.0. The maximum absolute atomic E-state index is 12.7. The molecule has 2 N–H and O–H groups in total. The molecule has 1 amide bonds. The number of imidazole rings is 1. The summed E-state index contributed by atoms with van der Waals surface area (Å²) in [6, 6.07) is 7.53. The predicted octanol–water partition coefficient (Wildman–Crippen LogP) is 3.35. The fourth-order valence-electron chi connectivity index (χ4n) is 3.17. The van der Waals surface area contributed by atoms with Gasteiger partial charge in [-0.25, -0.2) is 4.98 Å². The van der Waals surface area contributed by atoms with Gasteiger partial charge in [0, 0.05) is 43.2 Å². The van der Waals surface area contributed by atoms with Crippen LogP contribution in [0.1, 0.15) is 42.0 Å². The lowest BCUT2D eigenvalue weighted by atomic mass is 10.0. The highest BCUT2D eigenvalue weighted by molar-refractivity contribution is 5.95. The average molecular weight is 371 g/mol. The Morgan fingerprint density at radius 2 is 2.17 bits per heavy atom. The van der Waals surface area contributed by atoms with E-state index in [4.69, 9.17) is 5.73 Å². The zero-order valence-corrected chi connectivity index (χ0v) is 15.4. The lowest BCUT2D eigenvalue weighted by molar-refractivity contribution is 0.0678. The molecule has 0 spiro atoms. The summed E-state index contributed by atoms with van der Waals surface area (Å²) in [7, 11) is 0. The molecule has 1 aromatic carbocycles. The highest BCUT2D eigenvalue weighted by Gasteiger charge is 2.26. The van der Waals surface area contributed by atoms with Crippen LogP contribution in [-0.4, -0.2) is 33.4 Å². The molecule has 7 heteroatoms. The fraction of sp³-hybridized carbons (Fsp3) is 0.412. The van der Waals surface area contributed by atoms with Crippen LogP contribution in [0.25, 0.3) is 0 Å². The van der Waals surface area contributed by atoms with Crippen LogP contribution in [0, 0.1) is 0 Å². The van der Waals surface area contributed by atoms with Crippen LogP contribution in [0.3, 0.4) is 0 Å². The molecule has 0 bridgehead atoms. The van der Waals surface area contributed by atoms with E-state index in [2.05, 4.69) is 16.5 Å². The van der Waals surface area contributed by atoms with E-state index in [1.54, 1.807) is 12.1 Å². The predicted molar refractivity (Wildman–Crippen MR) is 101 cm³/mol. The van der Waals surface area contributed by atoms with E-state index in [9.17, 15) is 4.79 Å². The molecule has 0 saturated carbocycles. The van der Waals surface area contributed by atoms with E-state index >= 15 is 0 Å². The van der Waals surface area contributed by atoms with Gasteiger partial charge in [-0.2, -0.15) is 0 Å². The van der Waals surface area contributed by atoms with Gasteiger partial charge in [0.05, 0.1) is 6.04 Å². The molecule has 1 aliphatic rings. The Kier molecular flexibility index (Phi) is 7.58. The molecule has 0 aliphatic carbocycles. The molecule has 2 aromatic rings. The van der Waals surface area contributed by atoms with Crippen LogP contribution < -0.4 is 5.73 Å². The van der Waals surface area contributed by atoms with Crippen molar-refractivity contribution >= 4 is 36.4 Å². The summed E-state index contributed by atoms with van der Waals surface area (Å²) in [6.45, 7) is 3.65. The van der Waals surface area contributed by atoms with Crippen molar-refractivity contribution in [2.45, 2.75) is 32.2 Å². The number of amides is 1. The minimum absolute atomic E-state index is 0. The average Bonchev–Trinajstić information content (AvgIpc) is 3.03. The number of likely N-dealkylation sites (tertiary alicyclic amines) is 1. The summed E-state index contributed by atoms with van der Waals surface area (Å²) >= 11 is 0. The number of hydrogen-bond donors (Lipinski definition) is 1. The topological polar surface area (TPSA) is 64.2 Å². The number of carbonyl (C=O) groups excluding carboxylic acids is 1. The monoisotopic (exact) mass is 370 g/mol. The standard InChI is InChI=1S/C17H22N4O.2ClH/c1-2-16-19-8-10-21(16)15-7-4-9-20(12-15)17(22)13-5-3-6-14(18)11-13;;/h3,5-6,8,10-11,15H,2,4,7,9,12,18H2,1H3;2*1H. The summed E-state index contributed by atoms with van der Waals surface area (Å²) < 4.78 is 2.22. The molecule has 1 unspecified atom stereocenters. The molecule has 132 valence electrons. The summed E-state index contributed by atoms with van der Waals surface area (Å²) in [5, 5.41) is 0. The fourth-order valence-corrected chi connectivity index (χ4v) is 3.17. The van der Waals surface area contributed by atoms with E-state index in [0.29, 0.717) is 17.3 Å². The maximum Gasteiger partial charge on any atom is 0.253 e. The second-order valence-electron chi connectivity index (χ2n) is 5.78. The van der Waals surface area contributed by atoms with Gasteiger partial charge in [0.15, 0.2) is 0 Å². The van der Waals surface area contributed by atoms with Gasteiger partial charge in [-0.3, -0.25) is 4.79 Å². The minimum Gasteiger partial charge on any atom is -0.399 e. The molecule has 3 rings (SSSR count). The van der Waals surface area contributed by atoms with Gasteiger partial charge in [0.1, 0.15) is 5.82 Å². The number of halogens is 2. The van der Waals surface area contributed by atoms with Gasteiger partial charge in [0.25, 0.3) is 5.91 Å². The number of anilines is 1. The normalized spacial score (nSPS) is 16.9. The van der Waals surface area contributed by atoms with Gasteiger partial charge < -0.3 is 15.2 Å². The molecular weight excluding hydrogens is 347 g/mol. The first-order valence-corrected chi connectivity index (χ1v) is 7.85. The van der Waals surface area contributed by atoms with Crippen LogP contribution in [0.5, 0.6) is 0 Å². The van der Waals surface area contributed by atoms with Gasteiger partial charge in [-0.15, -0.1) is 24.8 Å². The smallest absolute Gasteiger partial charge is 0.253 e. The Balaban J connectivity index is 0.00000144. The quantitative estimate of drug-likeness (QED) is 0.842. The summed E-state index contributed by atoms with van der Waals surface area (Å²) in [6.07, 6.45) is 6.88. The second-order valence-corrected chi connectivity index (χ2v) is 5.78. The zero-order chi connectivity index (χ0) is 15.5. The molecule has 1 atom stereocenters. The largest absolute Gasteiger partial charge is 0.399 e. The first-order valence-electron chi connectivity index (χ1n) is 7.85.